The summed E-state index contributed by atoms with van der Waals surface area (Å²) < 4.78 is 5.23. The van der Waals surface area contributed by atoms with Gasteiger partial charge < -0.3 is 20.1 Å². The highest BCUT2D eigenvalue weighted by atomic mass is 16.6. The zero-order valence-electron chi connectivity index (χ0n) is 15.1. The lowest BCUT2D eigenvalue weighted by Crippen LogP contribution is -2.48. The van der Waals surface area contributed by atoms with Crippen molar-refractivity contribution in [3.63, 3.8) is 0 Å². The predicted molar refractivity (Wildman–Crippen MR) is 91.8 cm³/mol. The molecule has 0 unspecified atom stereocenters. The minimum atomic E-state index is -0.896. The zero-order valence-corrected chi connectivity index (χ0v) is 15.1. The zero-order chi connectivity index (χ0) is 18.1. The summed E-state index contributed by atoms with van der Waals surface area (Å²) in [6.07, 6.45) is 3.87. The summed E-state index contributed by atoms with van der Waals surface area (Å²) in [5, 5.41) is 31.0. The summed E-state index contributed by atoms with van der Waals surface area (Å²) in [4.78, 5) is 12.4. The summed E-state index contributed by atoms with van der Waals surface area (Å²) in [6.45, 7) is 6.31. The number of benzene rings is 1. The fraction of sp³-hybridized carbons (Fsp3) is 0.650. The molecule has 0 bridgehead atoms. The number of rotatable bonds is 1. The van der Waals surface area contributed by atoms with Gasteiger partial charge in [0.2, 0.25) is 0 Å². The highest BCUT2D eigenvalue weighted by Gasteiger charge is 2.53. The van der Waals surface area contributed by atoms with Gasteiger partial charge in [0, 0.05) is 5.56 Å². The van der Waals surface area contributed by atoms with Crippen molar-refractivity contribution in [3.05, 3.63) is 22.3 Å². The van der Waals surface area contributed by atoms with Crippen LogP contribution in [-0.2, 0) is 16.6 Å². The molecule has 1 aromatic rings. The van der Waals surface area contributed by atoms with Crippen LogP contribution in [0.2, 0.25) is 0 Å². The van der Waals surface area contributed by atoms with E-state index in [1.165, 1.54) is 0 Å². The Bertz CT molecular complexity index is 766. The number of esters is 1. The van der Waals surface area contributed by atoms with Crippen molar-refractivity contribution in [2.24, 2.45) is 11.3 Å². The highest BCUT2D eigenvalue weighted by Crippen LogP contribution is 2.61. The molecule has 5 nitrogen and oxygen atoms in total. The number of fused-ring (bicyclic) bond motifs is 5. The van der Waals surface area contributed by atoms with Crippen LogP contribution in [-0.4, -0.2) is 27.9 Å². The SMILES string of the molecule is CC1(C)CCC[C@]2(C)c3c(O)c(O)c4c(c3CC[C@@H]12)C(=O)O[C@H]4CO. The fourth-order valence-electron chi connectivity index (χ4n) is 6.00. The van der Waals surface area contributed by atoms with Gasteiger partial charge in [-0.05, 0) is 48.0 Å². The Kier molecular flexibility index (Phi) is 3.43. The van der Waals surface area contributed by atoms with Crippen LogP contribution < -0.4 is 0 Å². The number of aliphatic hydroxyl groups excluding tert-OH is 1. The number of cyclic esters (lactones) is 1. The van der Waals surface area contributed by atoms with Gasteiger partial charge in [-0.25, -0.2) is 4.79 Å². The summed E-state index contributed by atoms with van der Waals surface area (Å²) in [5.74, 6) is -0.548. The monoisotopic (exact) mass is 346 g/mol. The van der Waals surface area contributed by atoms with Gasteiger partial charge in [-0.1, -0.05) is 27.2 Å². The van der Waals surface area contributed by atoms with Gasteiger partial charge in [-0.2, -0.15) is 0 Å². The standard InChI is InChI=1S/C20H26O5/c1-19(2)7-4-8-20(3)12(19)6-5-10-13-14(11(9-21)25-18(13)24)16(22)17(23)15(10)20/h11-12,21-23H,4-9H2,1-3H3/t11-,12-,20-/m0/s1. The average molecular weight is 346 g/mol. The van der Waals surface area contributed by atoms with Crippen molar-refractivity contribution in [1.82, 2.24) is 0 Å². The number of phenols is 2. The van der Waals surface area contributed by atoms with E-state index in [0.717, 1.165) is 36.8 Å². The van der Waals surface area contributed by atoms with Crippen LogP contribution in [0.25, 0.3) is 0 Å². The molecule has 0 amide bonds. The normalized spacial score (nSPS) is 32.6. The molecule has 5 heteroatoms. The van der Waals surface area contributed by atoms with Gasteiger partial charge >= 0.3 is 5.97 Å². The molecular formula is C20H26O5. The van der Waals surface area contributed by atoms with E-state index in [1.807, 2.05) is 0 Å². The fourth-order valence-corrected chi connectivity index (χ4v) is 6.00. The molecule has 1 aromatic carbocycles. The van der Waals surface area contributed by atoms with Crippen LogP contribution in [0, 0.1) is 11.3 Å². The first-order valence-electron chi connectivity index (χ1n) is 9.15. The first kappa shape index (κ1) is 16.7. The minimum Gasteiger partial charge on any atom is -0.504 e. The highest BCUT2D eigenvalue weighted by molar-refractivity contribution is 5.98. The lowest BCUT2D eigenvalue weighted by atomic mass is 9.50. The Morgan fingerprint density at radius 2 is 1.88 bits per heavy atom. The second-order valence-electron chi connectivity index (χ2n) is 8.77. The quantitative estimate of drug-likeness (QED) is 0.536. The summed E-state index contributed by atoms with van der Waals surface area (Å²) in [5.41, 5.74) is 2.03. The third-order valence-electron chi connectivity index (χ3n) is 7.01. The van der Waals surface area contributed by atoms with Crippen LogP contribution in [0.15, 0.2) is 0 Å². The lowest BCUT2D eigenvalue weighted by molar-refractivity contribution is 0.0230. The van der Waals surface area contributed by atoms with Gasteiger partial charge in [0.15, 0.2) is 17.6 Å². The lowest BCUT2D eigenvalue weighted by Gasteiger charge is -2.54. The predicted octanol–water partition coefficient (Wildman–Crippen LogP) is 3.33. The van der Waals surface area contributed by atoms with E-state index in [9.17, 15) is 20.1 Å². The molecule has 3 N–H and O–H groups in total. The van der Waals surface area contributed by atoms with Gasteiger partial charge in [0.05, 0.1) is 17.7 Å². The number of carbonyl (C=O) groups is 1. The molecular weight excluding hydrogens is 320 g/mol. The summed E-state index contributed by atoms with van der Waals surface area (Å²) in [6, 6.07) is 0. The number of carbonyl (C=O) groups excluding carboxylic acids is 1. The maximum absolute atomic E-state index is 12.4. The van der Waals surface area contributed by atoms with Crippen molar-refractivity contribution in [1.29, 1.82) is 0 Å². The summed E-state index contributed by atoms with van der Waals surface area (Å²) in [7, 11) is 0. The van der Waals surface area contributed by atoms with E-state index >= 15 is 0 Å². The van der Waals surface area contributed by atoms with Gasteiger partial charge in [-0.15, -0.1) is 0 Å². The topological polar surface area (TPSA) is 87.0 Å². The second kappa shape index (κ2) is 5.13. The van der Waals surface area contributed by atoms with Crippen molar-refractivity contribution in [3.8, 4) is 11.5 Å². The number of ether oxygens (including phenoxy) is 1. The Morgan fingerprint density at radius 1 is 1.16 bits per heavy atom. The Hall–Kier alpha value is -1.75. The number of hydrogen-bond acceptors (Lipinski definition) is 5. The first-order chi connectivity index (χ1) is 11.7. The van der Waals surface area contributed by atoms with Gasteiger partial charge in [0.25, 0.3) is 0 Å². The van der Waals surface area contributed by atoms with E-state index in [-0.39, 0.29) is 27.9 Å². The first-order valence-corrected chi connectivity index (χ1v) is 9.15. The molecule has 1 heterocycles. The third-order valence-corrected chi connectivity index (χ3v) is 7.01. The van der Waals surface area contributed by atoms with Gasteiger partial charge in [0.1, 0.15) is 0 Å². The molecule has 1 saturated carbocycles. The van der Waals surface area contributed by atoms with Crippen LogP contribution in [0.4, 0.5) is 0 Å². The van der Waals surface area contributed by atoms with Crippen LogP contribution >= 0.6 is 0 Å². The van der Waals surface area contributed by atoms with Crippen molar-refractivity contribution >= 4 is 5.97 Å². The number of hydrogen-bond donors (Lipinski definition) is 3. The third kappa shape index (κ3) is 2.02. The van der Waals surface area contributed by atoms with Crippen LogP contribution in [0.3, 0.4) is 0 Å². The van der Waals surface area contributed by atoms with E-state index in [2.05, 4.69) is 20.8 Å². The molecule has 2 aliphatic carbocycles. The number of phenolic OH excluding ortho intramolecular Hbond substituents is 2. The molecule has 4 rings (SSSR count). The molecule has 3 atom stereocenters. The summed E-state index contributed by atoms with van der Waals surface area (Å²) >= 11 is 0. The maximum atomic E-state index is 12.4. The molecule has 1 fully saturated rings. The number of aromatic hydroxyl groups is 2. The Balaban J connectivity index is 2.00. The molecule has 0 saturated heterocycles. The second-order valence-corrected chi connectivity index (χ2v) is 8.77. The average Bonchev–Trinajstić information content (AvgIpc) is 2.88. The van der Waals surface area contributed by atoms with E-state index in [4.69, 9.17) is 4.74 Å². The van der Waals surface area contributed by atoms with Crippen molar-refractivity contribution in [2.45, 2.75) is 64.4 Å². The molecule has 25 heavy (non-hydrogen) atoms. The minimum absolute atomic E-state index is 0.129. The van der Waals surface area contributed by atoms with Crippen molar-refractivity contribution < 1.29 is 24.9 Å². The van der Waals surface area contributed by atoms with Crippen LogP contribution in [0.1, 0.15) is 79.6 Å². The molecule has 3 aliphatic rings. The van der Waals surface area contributed by atoms with Crippen LogP contribution in [0.5, 0.6) is 11.5 Å². The Morgan fingerprint density at radius 3 is 2.56 bits per heavy atom. The largest absolute Gasteiger partial charge is 0.504 e. The molecule has 0 spiro atoms. The maximum Gasteiger partial charge on any atom is 0.339 e. The molecule has 0 radical (unpaired) electrons. The van der Waals surface area contributed by atoms with E-state index in [1.54, 1.807) is 0 Å². The Labute approximate surface area is 147 Å². The molecule has 136 valence electrons. The van der Waals surface area contributed by atoms with E-state index in [0.29, 0.717) is 17.9 Å². The number of aliphatic hydroxyl groups is 1. The molecule has 1 aliphatic heterocycles. The van der Waals surface area contributed by atoms with E-state index < -0.39 is 18.7 Å². The molecule has 0 aromatic heterocycles. The smallest absolute Gasteiger partial charge is 0.339 e. The van der Waals surface area contributed by atoms with Gasteiger partial charge in [-0.3, -0.25) is 0 Å². The van der Waals surface area contributed by atoms with Crippen molar-refractivity contribution in [2.75, 3.05) is 6.61 Å².